The first-order valence-corrected chi connectivity index (χ1v) is 7.95. The number of fused-ring (bicyclic) bond motifs is 2. The van der Waals surface area contributed by atoms with Gasteiger partial charge in [-0.2, -0.15) is 0 Å². The fourth-order valence-electron chi connectivity index (χ4n) is 3.19. The highest BCUT2D eigenvalue weighted by Crippen LogP contribution is 2.31. The number of aliphatic imine (C=N–C) groups is 1. The molecule has 5 rings (SSSR count). The molecule has 1 aliphatic carbocycles. The first-order chi connectivity index (χ1) is 11.9. The lowest BCUT2D eigenvalue weighted by Gasteiger charge is -2.15. The lowest BCUT2D eigenvalue weighted by Crippen LogP contribution is -2.07. The smallest absolute Gasteiger partial charge is 0.164 e. The van der Waals surface area contributed by atoms with Gasteiger partial charge in [0.15, 0.2) is 5.65 Å². The lowest BCUT2D eigenvalue weighted by molar-refractivity contribution is 1.10. The molecule has 1 aliphatic heterocycles. The summed E-state index contributed by atoms with van der Waals surface area (Å²) in [5.41, 5.74) is 6.24. The number of imidazole rings is 1. The summed E-state index contributed by atoms with van der Waals surface area (Å²) < 4.78 is 2.14. The Hall–Kier alpha value is -3.27. The van der Waals surface area contributed by atoms with E-state index in [1.807, 2.05) is 42.7 Å². The van der Waals surface area contributed by atoms with Crippen LogP contribution in [0.15, 0.2) is 83.7 Å². The van der Waals surface area contributed by atoms with Crippen molar-refractivity contribution in [2.75, 3.05) is 0 Å². The Balaban J connectivity index is 1.77. The molecular formula is C20H14N4. The maximum atomic E-state index is 4.83. The van der Waals surface area contributed by atoms with Crippen molar-refractivity contribution in [3.8, 4) is 11.4 Å². The van der Waals surface area contributed by atoms with Crippen molar-refractivity contribution < 1.29 is 0 Å². The average Bonchev–Trinajstić information content (AvgIpc) is 3.26. The van der Waals surface area contributed by atoms with E-state index < -0.39 is 0 Å². The number of pyridine rings is 1. The third-order valence-electron chi connectivity index (χ3n) is 4.33. The second-order valence-corrected chi connectivity index (χ2v) is 5.81. The second-order valence-electron chi connectivity index (χ2n) is 5.81. The number of aromatic nitrogens is 3. The predicted octanol–water partition coefficient (Wildman–Crippen LogP) is 4.24. The Labute approximate surface area is 139 Å². The summed E-state index contributed by atoms with van der Waals surface area (Å²) in [4.78, 5) is 13.8. The molecule has 0 amide bonds. The van der Waals surface area contributed by atoms with E-state index in [1.54, 1.807) is 0 Å². The van der Waals surface area contributed by atoms with E-state index in [1.165, 1.54) is 5.57 Å². The molecule has 2 aromatic heterocycles. The number of nitrogens with zero attached hydrogens (tertiary/aromatic N) is 4. The molecule has 0 radical (unpaired) electrons. The molecule has 2 aliphatic rings. The van der Waals surface area contributed by atoms with Crippen molar-refractivity contribution in [3.05, 3.63) is 78.7 Å². The minimum atomic E-state index is 0.828. The molecule has 0 unspecified atom stereocenters. The van der Waals surface area contributed by atoms with Crippen LogP contribution < -0.4 is 0 Å². The number of hydrogen-bond donors (Lipinski definition) is 0. The summed E-state index contributed by atoms with van der Waals surface area (Å²) in [6.45, 7) is 0. The maximum Gasteiger partial charge on any atom is 0.164 e. The number of hydrogen-bond acceptors (Lipinski definition) is 3. The first-order valence-electron chi connectivity index (χ1n) is 7.95. The van der Waals surface area contributed by atoms with Crippen LogP contribution in [0.4, 0.5) is 0 Å². The molecule has 114 valence electrons. The summed E-state index contributed by atoms with van der Waals surface area (Å²) in [6, 6.07) is 14.2. The van der Waals surface area contributed by atoms with Crippen LogP contribution in [0.1, 0.15) is 6.42 Å². The molecule has 0 N–H and O–H groups in total. The molecule has 0 atom stereocenters. The third-order valence-corrected chi connectivity index (χ3v) is 4.33. The molecule has 0 bridgehead atoms. The highest BCUT2D eigenvalue weighted by atomic mass is 15.1. The van der Waals surface area contributed by atoms with E-state index in [0.717, 1.165) is 40.4 Å². The number of benzene rings is 1. The zero-order valence-electron chi connectivity index (χ0n) is 12.9. The molecule has 0 saturated carbocycles. The fourth-order valence-corrected chi connectivity index (χ4v) is 3.19. The van der Waals surface area contributed by atoms with Gasteiger partial charge in [-0.05, 0) is 29.9 Å². The largest absolute Gasteiger partial charge is 0.277 e. The van der Waals surface area contributed by atoms with Gasteiger partial charge in [0.1, 0.15) is 11.3 Å². The monoisotopic (exact) mass is 310 g/mol. The Morgan fingerprint density at radius 2 is 1.92 bits per heavy atom. The van der Waals surface area contributed by atoms with Crippen molar-refractivity contribution in [1.82, 2.24) is 14.5 Å². The van der Waals surface area contributed by atoms with Gasteiger partial charge in [0.2, 0.25) is 0 Å². The maximum absolute atomic E-state index is 4.83. The van der Waals surface area contributed by atoms with Crippen LogP contribution in [0.2, 0.25) is 0 Å². The van der Waals surface area contributed by atoms with E-state index in [0.29, 0.717) is 0 Å². The minimum absolute atomic E-state index is 0.828. The van der Waals surface area contributed by atoms with E-state index in [2.05, 4.69) is 44.9 Å². The van der Waals surface area contributed by atoms with Gasteiger partial charge in [-0.25, -0.2) is 9.97 Å². The van der Waals surface area contributed by atoms with Crippen molar-refractivity contribution >= 4 is 22.6 Å². The summed E-state index contributed by atoms with van der Waals surface area (Å²) in [5, 5.41) is 0. The zero-order valence-corrected chi connectivity index (χ0v) is 12.9. The van der Waals surface area contributed by atoms with Gasteiger partial charge in [0, 0.05) is 30.1 Å². The number of allylic oxidation sites excluding steroid dienone is 5. The molecule has 0 spiro atoms. The van der Waals surface area contributed by atoms with Crippen molar-refractivity contribution in [2.24, 2.45) is 4.99 Å². The average molecular weight is 310 g/mol. The first kappa shape index (κ1) is 13.2. The molecule has 24 heavy (non-hydrogen) atoms. The van der Waals surface area contributed by atoms with Crippen molar-refractivity contribution in [1.29, 1.82) is 0 Å². The molecule has 4 nitrogen and oxygen atoms in total. The third kappa shape index (κ3) is 1.97. The van der Waals surface area contributed by atoms with Gasteiger partial charge in [-0.1, -0.05) is 36.4 Å². The predicted molar refractivity (Wildman–Crippen MR) is 96.5 cm³/mol. The quantitative estimate of drug-likeness (QED) is 0.710. The summed E-state index contributed by atoms with van der Waals surface area (Å²) in [6.07, 6.45) is 10.9. The molecular weight excluding hydrogens is 296 g/mol. The Bertz CT molecular complexity index is 1070. The van der Waals surface area contributed by atoms with Crippen molar-refractivity contribution in [3.63, 3.8) is 0 Å². The highest BCUT2D eigenvalue weighted by Gasteiger charge is 2.19. The molecule has 0 fully saturated rings. The fraction of sp³-hybridized carbons (Fsp3) is 0.0500. The number of rotatable bonds is 2. The molecule has 3 aromatic rings. The normalized spacial score (nSPS) is 15.9. The Kier molecular flexibility index (Phi) is 2.82. The summed E-state index contributed by atoms with van der Waals surface area (Å²) in [5.74, 6) is 0.912. The van der Waals surface area contributed by atoms with Crippen LogP contribution in [0.5, 0.6) is 0 Å². The van der Waals surface area contributed by atoms with E-state index in [9.17, 15) is 0 Å². The van der Waals surface area contributed by atoms with Crippen molar-refractivity contribution in [2.45, 2.75) is 6.42 Å². The van der Waals surface area contributed by atoms with Crippen LogP contribution in [0, 0.1) is 0 Å². The molecule has 3 heterocycles. The van der Waals surface area contributed by atoms with E-state index >= 15 is 0 Å². The van der Waals surface area contributed by atoms with Crippen LogP contribution in [-0.2, 0) is 0 Å². The van der Waals surface area contributed by atoms with Crippen LogP contribution in [-0.4, -0.2) is 20.2 Å². The molecule has 4 heteroatoms. The summed E-state index contributed by atoms with van der Waals surface area (Å²) >= 11 is 0. The minimum Gasteiger partial charge on any atom is -0.277 e. The molecule has 1 aromatic carbocycles. The van der Waals surface area contributed by atoms with Gasteiger partial charge >= 0.3 is 0 Å². The van der Waals surface area contributed by atoms with E-state index in [-0.39, 0.29) is 0 Å². The molecule has 0 saturated heterocycles. The van der Waals surface area contributed by atoms with E-state index in [4.69, 9.17) is 4.98 Å². The highest BCUT2D eigenvalue weighted by molar-refractivity contribution is 6.09. The second kappa shape index (κ2) is 5.13. The topological polar surface area (TPSA) is 43.1 Å². The summed E-state index contributed by atoms with van der Waals surface area (Å²) in [7, 11) is 0. The van der Waals surface area contributed by atoms with Gasteiger partial charge < -0.3 is 0 Å². The Morgan fingerprint density at radius 3 is 2.83 bits per heavy atom. The van der Waals surface area contributed by atoms with Gasteiger partial charge in [-0.15, -0.1) is 0 Å². The van der Waals surface area contributed by atoms with Crippen LogP contribution in [0.3, 0.4) is 0 Å². The van der Waals surface area contributed by atoms with Gasteiger partial charge in [0.25, 0.3) is 0 Å². The van der Waals surface area contributed by atoms with Gasteiger partial charge in [0.05, 0.1) is 5.71 Å². The lowest BCUT2D eigenvalue weighted by atomic mass is 10.0. The SMILES string of the molecule is C1=CC2=CC(n3c(-c4ccccc4)nc4cccnc43)=CCC2=N1. The Morgan fingerprint density at radius 1 is 1.00 bits per heavy atom. The van der Waals surface area contributed by atoms with Gasteiger partial charge in [-0.3, -0.25) is 9.56 Å². The van der Waals surface area contributed by atoms with Crippen LogP contribution >= 0.6 is 0 Å². The standard InChI is InChI=1S/C20H14N4/c1-2-5-14(6-3-1)19-23-18-7-4-11-22-20(18)24(19)16-8-9-17-15(13-16)10-12-21-17/h1-8,10-13H,9H2. The zero-order chi connectivity index (χ0) is 15.9. The van der Waals surface area contributed by atoms with Crippen LogP contribution in [0.25, 0.3) is 28.2 Å².